The highest BCUT2D eigenvalue weighted by molar-refractivity contribution is 5.22. The van der Waals surface area contributed by atoms with E-state index < -0.39 is 0 Å². The second kappa shape index (κ2) is 3.96. The Morgan fingerprint density at radius 3 is 2.86 bits per heavy atom. The van der Waals surface area contributed by atoms with E-state index >= 15 is 0 Å². The third kappa shape index (κ3) is 2.04. The van der Waals surface area contributed by atoms with Crippen LogP contribution in [-0.2, 0) is 0 Å². The second-order valence-corrected chi connectivity index (χ2v) is 3.73. The molecule has 1 heterocycles. The van der Waals surface area contributed by atoms with E-state index in [4.69, 9.17) is 10.5 Å². The lowest BCUT2D eigenvalue weighted by atomic mass is 10.1. The molecule has 1 saturated carbocycles. The zero-order valence-corrected chi connectivity index (χ0v) is 8.44. The molecule has 3 heteroatoms. The van der Waals surface area contributed by atoms with E-state index in [1.165, 1.54) is 12.8 Å². The Balaban J connectivity index is 2.04. The summed E-state index contributed by atoms with van der Waals surface area (Å²) in [5.74, 6) is 1.36. The highest BCUT2D eigenvalue weighted by Crippen LogP contribution is 2.39. The van der Waals surface area contributed by atoms with Gasteiger partial charge in [-0.25, -0.2) is 4.98 Å². The molecule has 0 aromatic carbocycles. The molecule has 1 aromatic rings. The van der Waals surface area contributed by atoms with Gasteiger partial charge in [0.1, 0.15) is 0 Å². The van der Waals surface area contributed by atoms with E-state index in [1.54, 1.807) is 0 Å². The first kappa shape index (κ1) is 9.46. The molecule has 0 saturated heterocycles. The van der Waals surface area contributed by atoms with E-state index in [0.717, 1.165) is 5.56 Å². The van der Waals surface area contributed by atoms with Crippen LogP contribution in [0.15, 0.2) is 18.3 Å². The Kier molecular flexibility index (Phi) is 2.68. The summed E-state index contributed by atoms with van der Waals surface area (Å²) in [6.07, 6.45) is 4.34. The number of rotatable bonds is 4. The van der Waals surface area contributed by atoms with Crippen LogP contribution in [0.5, 0.6) is 5.88 Å². The molecule has 1 fully saturated rings. The molecule has 0 aliphatic heterocycles. The van der Waals surface area contributed by atoms with Crippen LogP contribution < -0.4 is 10.5 Å². The van der Waals surface area contributed by atoms with E-state index in [1.807, 2.05) is 25.3 Å². The molecule has 14 heavy (non-hydrogen) atoms. The number of hydrogen-bond acceptors (Lipinski definition) is 3. The highest BCUT2D eigenvalue weighted by Gasteiger charge is 2.29. The van der Waals surface area contributed by atoms with Gasteiger partial charge in [0.25, 0.3) is 0 Å². The van der Waals surface area contributed by atoms with Crippen LogP contribution >= 0.6 is 0 Å². The first-order valence-electron chi connectivity index (χ1n) is 5.15. The number of aromatic nitrogens is 1. The number of nitrogens with two attached hydrogens (primary N) is 1. The van der Waals surface area contributed by atoms with Crippen molar-refractivity contribution in [3.8, 4) is 5.88 Å². The van der Waals surface area contributed by atoms with Crippen molar-refractivity contribution in [1.82, 2.24) is 4.98 Å². The van der Waals surface area contributed by atoms with Gasteiger partial charge in [-0.15, -0.1) is 0 Å². The van der Waals surface area contributed by atoms with Gasteiger partial charge in [0.05, 0.1) is 6.61 Å². The zero-order valence-electron chi connectivity index (χ0n) is 8.44. The summed E-state index contributed by atoms with van der Waals surface area (Å²) >= 11 is 0. The van der Waals surface area contributed by atoms with Crippen LogP contribution in [0.4, 0.5) is 0 Å². The molecular formula is C11H16N2O. The lowest BCUT2D eigenvalue weighted by Crippen LogP contribution is -2.12. The topological polar surface area (TPSA) is 48.1 Å². The van der Waals surface area contributed by atoms with E-state index in [0.29, 0.717) is 18.4 Å². The Morgan fingerprint density at radius 1 is 1.57 bits per heavy atom. The van der Waals surface area contributed by atoms with Gasteiger partial charge < -0.3 is 10.5 Å². The van der Waals surface area contributed by atoms with Gasteiger partial charge in [-0.3, -0.25) is 0 Å². The number of pyridine rings is 1. The Hall–Kier alpha value is -1.09. The molecule has 2 N–H and O–H groups in total. The van der Waals surface area contributed by atoms with Crippen LogP contribution in [0.2, 0.25) is 0 Å². The third-order valence-electron chi connectivity index (χ3n) is 2.57. The third-order valence-corrected chi connectivity index (χ3v) is 2.57. The normalized spacial score (nSPS) is 17.9. The average molecular weight is 192 g/mol. The summed E-state index contributed by atoms with van der Waals surface area (Å²) in [6.45, 7) is 2.60. The van der Waals surface area contributed by atoms with Gasteiger partial charge in [0.2, 0.25) is 5.88 Å². The smallest absolute Gasteiger partial charge is 0.213 e. The van der Waals surface area contributed by atoms with Gasteiger partial charge in [0.15, 0.2) is 0 Å². The van der Waals surface area contributed by atoms with Gasteiger partial charge in [-0.1, -0.05) is 6.07 Å². The van der Waals surface area contributed by atoms with Gasteiger partial charge in [-0.2, -0.15) is 0 Å². The highest BCUT2D eigenvalue weighted by atomic mass is 16.5. The summed E-state index contributed by atoms with van der Waals surface area (Å²) in [7, 11) is 0. The van der Waals surface area contributed by atoms with Crippen molar-refractivity contribution in [2.24, 2.45) is 11.7 Å². The quantitative estimate of drug-likeness (QED) is 0.792. The summed E-state index contributed by atoms with van der Waals surface area (Å²) in [4.78, 5) is 4.20. The molecule has 3 nitrogen and oxygen atoms in total. The van der Waals surface area contributed by atoms with Gasteiger partial charge in [-0.05, 0) is 31.2 Å². The maximum atomic E-state index is 6.04. The van der Waals surface area contributed by atoms with Gasteiger partial charge >= 0.3 is 0 Å². The van der Waals surface area contributed by atoms with E-state index in [9.17, 15) is 0 Å². The Bertz CT molecular complexity index is 293. The standard InChI is InChI=1S/C11H16N2O/c1-2-14-10-6-5-9(7-13-10)11(12)8-3-4-8/h5-8,11H,2-4,12H2,1H3. The van der Waals surface area contributed by atoms with Crippen LogP contribution in [-0.4, -0.2) is 11.6 Å². The Labute approximate surface area is 84.3 Å². The van der Waals surface area contributed by atoms with Crippen LogP contribution in [0.3, 0.4) is 0 Å². The minimum atomic E-state index is 0.165. The minimum Gasteiger partial charge on any atom is -0.478 e. The first-order valence-corrected chi connectivity index (χ1v) is 5.15. The van der Waals surface area contributed by atoms with Crippen molar-refractivity contribution in [3.63, 3.8) is 0 Å². The largest absolute Gasteiger partial charge is 0.478 e. The van der Waals surface area contributed by atoms with Crippen molar-refractivity contribution < 1.29 is 4.74 Å². The monoisotopic (exact) mass is 192 g/mol. The summed E-state index contributed by atoms with van der Waals surface area (Å²) in [6, 6.07) is 4.07. The fourth-order valence-corrected chi connectivity index (χ4v) is 1.55. The van der Waals surface area contributed by atoms with Crippen LogP contribution in [0.25, 0.3) is 0 Å². The summed E-state index contributed by atoms with van der Waals surface area (Å²) < 4.78 is 5.26. The van der Waals surface area contributed by atoms with Crippen molar-refractivity contribution >= 4 is 0 Å². The van der Waals surface area contributed by atoms with Crippen molar-refractivity contribution in [2.75, 3.05) is 6.61 Å². The molecular weight excluding hydrogens is 176 g/mol. The van der Waals surface area contributed by atoms with E-state index in [2.05, 4.69) is 4.98 Å². The fraction of sp³-hybridized carbons (Fsp3) is 0.545. The lowest BCUT2D eigenvalue weighted by molar-refractivity contribution is 0.326. The maximum absolute atomic E-state index is 6.04. The van der Waals surface area contributed by atoms with E-state index in [-0.39, 0.29) is 6.04 Å². The van der Waals surface area contributed by atoms with Crippen LogP contribution in [0, 0.1) is 5.92 Å². The fourth-order valence-electron chi connectivity index (χ4n) is 1.55. The SMILES string of the molecule is CCOc1ccc(C(N)C2CC2)cn1. The number of hydrogen-bond donors (Lipinski definition) is 1. The number of nitrogens with zero attached hydrogens (tertiary/aromatic N) is 1. The Morgan fingerprint density at radius 2 is 2.36 bits per heavy atom. The zero-order chi connectivity index (χ0) is 9.97. The molecule has 1 aliphatic carbocycles. The minimum absolute atomic E-state index is 0.165. The number of ether oxygens (including phenoxy) is 1. The predicted octanol–water partition coefficient (Wildman–Crippen LogP) is 1.89. The summed E-state index contributed by atoms with van der Waals surface area (Å²) in [5.41, 5.74) is 7.16. The second-order valence-electron chi connectivity index (χ2n) is 3.73. The molecule has 1 aliphatic rings. The summed E-state index contributed by atoms with van der Waals surface area (Å²) in [5, 5.41) is 0. The average Bonchev–Trinajstić information content (AvgIpc) is 3.02. The molecule has 1 aromatic heterocycles. The van der Waals surface area contributed by atoms with Crippen molar-refractivity contribution in [2.45, 2.75) is 25.8 Å². The molecule has 0 spiro atoms. The van der Waals surface area contributed by atoms with Crippen molar-refractivity contribution in [1.29, 1.82) is 0 Å². The molecule has 0 amide bonds. The molecule has 2 rings (SSSR count). The first-order chi connectivity index (χ1) is 6.81. The molecule has 76 valence electrons. The maximum Gasteiger partial charge on any atom is 0.213 e. The van der Waals surface area contributed by atoms with Crippen molar-refractivity contribution in [3.05, 3.63) is 23.9 Å². The lowest BCUT2D eigenvalue weighted by Gasteiger charge is -2.10. The predicted molar refractivity (Wildman–Crippen MR) is 55.1 cm³/mol. The molecule has 1 unspecified atom stereocenters. The van der Waals surface area contributed by atoms with Gasteiger partial charge in [0, 0.05) is 18.3 Å². The molecule has 1 atom stereocenters. The molecule has 0 bridgehead atoms. The molecule has 0 radical (unpaired) electrons. The van der Waals surface area contributed by atoms with Crippen LogP contribution in [0.1, 0.15) is 31.4 Å².